The number of para-hydroxylation sites is 2. The van der Waals surface area contributed by atoms with E-state index < -0.39 is 0 Å². The van der Waals surface area contributed by atoms with Crippen molar-refractivity contribution >= 4 is 5.69 Å². The Balaban J connectivity index is 1.93. The summed E-state index contributed by atoms with van der Waals surface area (Å²) in [5, 5.41) is 3.50. The summed E-state index contributed by atoms with van der Waals surface area (Å²) in [7, 11) is 2.20. The van der Waals surface area contributed by atoms with Crippen molar-refractivity contribution in [3.63, 3.8) is 0 Å². The normalized spacial score (nSPS) is 20.5. The van der Waals surface area contributed by atoms with E-state index in [0.717, 1.165) is 18.0 Å². The zero-order valence-corrected chi connectivity index (χ0v) is 10.8. The van der Waals surface area contributed by atoms with Gasteiger partial charge >= 0.3 is 0 Å². The summed E-state index contributed by atoms with van der Waals surface area (Å²) in [6.45, 7) is 4.95. The average molecular weight is 234 g/mol. The highest BCUT2D eigenvalue weighted by Gasteiger charge is 2.20. The molecule has 0 aliphatic carbocycles. The van der Waals surface area contributed by atoms with Crippen LogP contribution in [-0.4, -0.2) is 37.7 Å². The lowest BCUT2D eigenvalue weighted by molar-refractivity contribution is 0.320. The van der Waals surface area contributed by atoms with Crippen molar-refractivity contribution < 1.29 is 4.74 Å². The molecule has 0 amide bonds. The van der Waals surface area contributed by atoms with Gasteiger partial charge in [-0.05, 0) is 45.5 Å². The SMILES string of the molecule is CCOc1ccccc1NCC1CCCN1C. The van der Waals surface area contributed by atoms with Crippen LogP contribution in [0.4, 0.5) is 5.69 Å². The van der Waals surface area contributed by atoms with Gasteiger partial charge in [0.1, 0.15) is 5.75 Å². The molecule has 1 aromatic carbocycles. The molecule has 1 N–H and O–H groups in total. The second kappa shape index (κ2) is 5.92. The Bertz CT molecular complexity index is 354. The van der Waals surface area contributed by atoms with Gasteiger partial charge in [-0.2, -0.15) is 0 Å². The van der Waals surface area contributed by atoms with Crippen LogP contribution in [0.15, 0.2) is 24.3 Å². The number of ether oxygens (including phenoxy) is 1. The molecule has 17 heavy (non-hydrogen) atoms. The Kier molecular flexibility index (Phi) is 4.26. The van der Waals surface area contributed by atoms with E-state index in [0.29, 0.717) is 12.6 Å². The standard InChI is InChI=1S/C14H22N2O/c1-3-17-14-9-5-4-8-13(14)15-11-12-7-6-10-16(12)2/h4-5,8-9,12,15H,3,6-7,10-11H2,1-2H3. The summed E-state index contributed by atoms with van der Waals surface area (Å²) in [5.74, 6) is 0.954. The molecule has 0 aromatic heterocycles. The molecule has 1 atom stereocenters. The van der Waals surface area contributed by atoms with Crippen molar-refractivity contribution in [2.45, 2.75) is 25.8 Å². The van der Waals surface area contributed by atoms with Crippen molar-refractivity contribution in [2.75, 3.05) is 32.1 Å². The van der Waals surface area contributed by atoms with Gasteiger partial charge < -0.3 is 15.0 Å². The number of nitrogens with one attached hydrogen (secondary N) is 1. The molecule has 2 rings (SSSR count). The molecule has 1 unspecified atom stereocenters. The fraction of sp³-hybridized carbons (Fsp3) is 0.571. The lowest BCUT2D eigenvalue weighted by atomic mass is 10.2. The number of benzene rings is 1. The molecule has 1 aromatic rings. The predicted molar refractivity (Wildman–Crippen MR) is 71.8 cm³/mol. The zero-order valence-electron chi connectivity index (χ0n) is 10.8. The Morgan fingerprint density at radius 3 is 2.94 bits per heavy atom. The number of hydrogen-bond donors (Lipinski definition) is 1. The molecular formula is C14H22N2O. The first-order valence-electron chi connectivity index (χ1n) is 6.47. The fourth-order valence-electron chi connectivity index (χ4n) is 2.36. The van der Waals surface area contributed by atoms with Crippen LogP contribution in [0.2, 0.25) is 0 Å². The average Bonchev–Trinajstić information content (AvgIpc) is 2.74. The number of likely N-dealkylation sites (tertiary alicyclic amines) is 1. The minimum Gasteiger partial charge on any atom is -0.492 e. The molecule has 1 aliphatic heterocycles. The summed E-state index contributed by atoms with van der Waals surface area (Å²) < 4.78 is 5.60. The van der Waals surface area contributed by atoms with E-state index in [1.54, 1.807) is 0 Å². The first kappa shape index (κ1) is 12.2. The molecule has 0 radical (unpaired) electrons. The maximum Gasteiger partial charge on any atom is 0.142 e. The van der Waals surface area contributed by atoms with E-state index in [2.05, 4.69) is 23.3 Å². The highest BCUT2D eigenvalue weighted by Crippen LogP contribution is 2.24. The summed E-state index contributed by atoms with van der Waals surface area (Å²) >= 11 is 0. The Morgan fingerprint density at radius 2 is 2.24 bits per heavy atom. The molecule has 1 aliphatic rings. The van der Waals surface area contributed by atoms with Crippen molar-refractivity contribution in [2.24, 2.45) is 0 Å². The third kappa shape index (κ3) is 3.13. The van der Waals surface area contributed by atoms with E-state index in [1.165, 1.54) is 19.4 Å². The molecule has 1 heterocycles. The maximum absolute atomic E-state index is 5.60. The van der Waals surface area contributed by atoms with Crippen LogP contribution >= 0.6 is 0 Å². The molecule has 1 fully saturated rings. The zero-order chi connectivity index (χ0) is 12.1. The van der Waals surface area contributed by atoms with Gasteiger partial charge in [-0.15, -0.1) is 0 Å². The lowest BCUT2D eigenvalue weighted by Crippen LogP contribution is -2.31. The first-order valence-corrected chi connectivity index (χ1v) is 6.47. The van der Waals surface area contributed by atoms with Crippen molar-refractivity contribution in [3.05, 3.63) is 24.3 Å². The Labute approximate surface area is 104 Å². The van der Waals surface area contributed by atoms with E-state index in [-0.39, 0.29) is 0 Å². The van der Waals surface area contributed by atoms with Crippen molar-refractivity contribution in [1.29, 1.82) is 0 Å². The Morgan fingerprint density at radius 1 is 1.41 bits per heavy atom. The minimum absolute atomic E-state index is 0.657. The molecule has 94 valence electrons. The van der Waals surface area contributed by atoms with Gasteiger partial charge in [-0.3, -0.25) is 0 Å². The van der Waals surface area contributed by atoms with E-state index in [1.807, 2.05) is 25.1 Å². The third-order valence-corrected chi connectivity index (χ3v) is 3.39. The number of rotatable bonds is 5. The van der Waals surface area contributed by atoms with Gasteiger partial charge in [-0.1, -0.05) is 12.1 Å². The molecule has 3 heteroatoms. The van der Waals surface area contributed by atoms with Gasteiger partial charge in [0.25, 0.3) is 0 Å². The van der Waals surface area contributed by atoms with Gasteiger partial charge in [-0.25, -0.2) is 0 Å². The number of anilines is 1. The highest BCUT2D eigenvalue weighted by molar-refractivity contribution is 5.56. The summed E-state index contributed by atoms with van der Waals surface area (Å²) in [6, 6.07) is 8.82. The smallest absolute Gasteiger partial charge is 0.142 e. The fourth-order valence-corrected chi connectivity index (χ4v) is 2.36. The number of likely N-dealkylation sites (N-methyl/N-ethyl adjacent to an activating group) is 1. The van der Waals surface area contributed by atoms with Crippen molar-refractivity contribution in [3.8, 4) is 5.75 Å². The van der Waals surface area contributed by atoms with Gasteiger partial charge in [0.05, 0.1) is 12.3 Å². The minimum atomic E-state index is 0.657. The summed E-state index contributed by atoms with van der Waals surface area (Å²) in [6.07, 6.45) is 2.61. The van der Waals surface area contributed by atoms with Crippen LogP contribution in [-0.2, 0) is 0 Å². The van der Waals surface area contributed by atoms with Crippen LogP contribution in [0.1, 0.15) is 19.8 Å². The largest absolute Gasteiger partial charge is 0.492 e. The summed E-state index contributed by atoms with van der Waals surface area (Å²) in [4.78, 5) is 2.43. The molecule has 0 saturated carbocycles. The van der Waals surface area contributed by atoms with Gasteiger partial charge in [0.15, 0.2) is 0 Å². The van der Waals surface area contributed by atoms with Crippen LogP contribution in [0.3, 0.4) is 0 Å². The van der Waals surface area contributed by atoms with Crippen LogP contribution < -0.4 is 10.1 Å². The van der Waals surface area contributed by atoms with Gasteiger partial charge in [0, 0.05) is 12.6 Å². The lowest BCUT2D eigenvalue weighted by Gasteiger charge is -2.21. The molecule has 3 nitrogen and oxygen atoms in total. The van der Waals surface area contributed by atoms with Crippen LogP contribution in [0.25, 0.3) is 0 Å². The van der Waals surface area contributed by atoms with Crippen LogP contribution in [0.5, 0.6) is 5.75 Å². The molecule has 0 bridgehead atoms. The quantitative estimate of drug-likeness (QED) is 0.847. The third-order valence-electron chi connectivity index (χ3n) is 3.39. The van der Waals surface area contributed by atoms with E-state index in [9.17, 15) is 0 Å². The van der Waals surface area contributed by atoms with E-state index in [4.69, 9.17) is 4.74 Å². The first-order chi connectivity index (χ1) is 8.31. The highest BCUT2D eigenvalue weighted by atomic mass is 16.5. The maximum atomic E-state index is 5.60. The number of nitrogens with zero attached hydrogens (tertiary/aromatic N) is 1. The molecule has 0 spiro atoms. The molecular weight excluding hydrogens is 212 g/mol. The summed E-state index contributed by atoms with van der Waals surface area (Å²) in [5.41, 5.74) is 1.11. The topological polar surface area (TPSA) is 24.5 Å². The van der Waals surface area contributed by atoms with E-state index >= 15 is 0 Å². The second-order valence-corrected chi connectivity index (χ2v) is 4.59. The molecule has 1 saturated heterocycles. The van der Waals surface area contributed by atoms with Crippen LogP contribution in [0, 0.1) is 0 Å². The Hall–Kier alpha value is -1.22. The number of hydrogen-bond acceptors (Lipinski definition) is 3. The predicted octanol–water partition coefficient (Wildman–Crippen LogP) is 2.59. The van der Waals surface area contributed by atoms with Crippen molar-refractivity contribution in [1.82, 2.24) is 4.90 Å². The second-order valence-electron chi connectivity index (χ2n) is 4.59. The van der Waals surface area contributed by atoms with Gasteiger partial charge in [0.2, 0.25) is 0 Å². The monoisotopic (exact) mass is 234 g/mol.